The van der Waals surface area contributed by atoms with Gasteiger partial charge in [-0.25, -0.2) is 0 Å². The molecule has 108 valence electrons. The molecule has 1 heterocycles. The average Bonchev–Trinajstić information content (AvgIpc) is 2.80. The Morgan fingerprint density at radius 1 is 1.10 bits per heavy atom. The molecule has 0 aromatic heterocycles. The third-order valence-corrected chi connectivity index (χ3v) is 4.09. The topological polar surface area (TPSA) is 29.5 Å². The number of rotatable bonds is 4. The highest BCUT2D eigenvalue weighted by Gasteiger charge is 2.28. The summed E-state index contributed by atoms with van der Waals surface area (Å²) in [5.74, 6) is 1.79. The van der Waals surface area contributed by atoms with Gasteiger partial charge in [-0.15, -0.1) is 0 Å². The summed E-state index contributed by atoms with van der Waals surface area (Å²) in [6, 6.07) is 17.5. The van der Waals surface area contributed by atoms with Gasteiger partial charge in [0.2, 0.25) is 5.91 Å². The van der Waals surface area contributed by atoms with E-state index in [0.29, 0.717) is 13.0 Å². The van der Waals surface area contributed by atoms with E-state index in [1.165, 1.54) is 0 Å². The summed E-state index contributed by atoms with van der Waals surface area (Å²) in [7, 11) is 0. The Hall–Kier alpha value is -1.81. The molecule has 0 aliphatic carbocycles. The van der Waals surface area contributed by atoms with Crippen LogP contribution in [0.5, 0.6) is 11.5 Å². The van der Waals surface area contributed by atoms with E-state index in [1.54, 1.807) is 0 Å². The number of nitrogens with zero attached hydrogens (tertiary/aromatic N) is 1. The molecule has 1 amide bonds. The van der Waals surface area contributed by atoms with Gasteiger partial charge in [0.05, 0.1) is 0 Å². The molecule has 3 nitrogen and oxygen atoms in total. The van der Waals surface area contributed by atoms with E-state index in [1.807, 2.05) is 59.5 Å². The van der Waals surface area contributed by atoms with Gasteiger partial charge < -0.3 is 9.64 Å². The van der Waals surface area contributed by atoms with E-state index in [9.17, 15) is 4.79 Å². The van der Waals surface area contributed by atoms with Crippen molar-refractivity contribution in [3.05, 3.63) is 60.2 Å². The van der Waals surface area contributed by atoms with Crippen LogP contribution >= 0.6 is 15.9 Å². The van der Waals surface area contributed by atoms with Gasteiger partial charge in [0.25, 0.3) is 0 Å². The van der Waals surface area contributed by atoms with E-state index in [2.05, 4.69) is 15.9 Å². The van der Waals surface area contributed by atoms with Crippen molar-refractivity contribution >= 4 is 21.8 Å². The number of benzene rings is 2. The summed E-state index contributed by atoms with van der Waals surface area (Å²) < 4.78 is 5.93. The molecule has 0 radical (unpaired) electrons. The number of carbonyl (C=O) groups is 1. The van der Waals surface area contributed by atoms with E-state index >= 15 is 0 Å². The monoisotopic (exact) mass is 345 g/mol. The summed E-state index contributed by atoms with van der Waals surface area (Å²) in [5.41, 5.74) is 1.02. The molecule has 2 aromatic rings. The molecule has 0 bridgehead atoms. The molecular weight excluding hydrogens is 330 g/mol. The third kappa shape index (κ3) is 3.45. The summed E-state index contributed by atoms with van der Waals surface area (Å²) in [6.07, 6.45) is 0.571. The van der Waals surface area contributed by atoms with Gasteiger partial charge >= 0.3 is 0 Å². The van der Waals surface area contributed by atoms with Crippen LogP contribution < -0.4 is 4.74 Å². The Morgan fingerprint density at radius 2 is 1.81 bits per heavy atom. The van der Waals surface area contributed by atoms with Crippen LogP contribution in [0.25, 0.3) is 0 Å². The lowest BCUT2D eigenvalue weighted by Crippen LogP contribution is -2.24. The summed E-state index contributed by atoms with van der Waals surface area (Å²) in [4.78, 5) is 14.0. The highest BCUT2D eigenvalue weighted by molar-refractivity contribution is 9.09. The van der Waals surface area contributed by atoms with Crippen LogP contribution in [-0.2, 0) is 11.3 Å². The van der Waals surface area contributed by atoms with Crippen molar-refractivity contribution in [2.45, 2.75) is 17.8 Å². The standard InChI is InChI=1S/C17H16BrNO2/c18-14-10-17(20)19(12-14)11-13-6-4-5-9-16(13)21-15-7-2-1-3-8-15/h1-9,14H,10-12H2. The van der Waals surface area contributed by atoms with Crippen LogP contribution in [0.4, 0.5) is 0 Å². The Kier molecular flexibility index (Phi) is 4.25. The van der Waals surface area contributed by atoms with Gasteiger partial charge in [0.1, 0.15) is 11.5 Å². The first-order valence-corrected chi connectivity index (χ1v) is 7.86. The van der Waals surface area contributed by atoms with Gasteiger partial charge in [-0.1, -0.05) is 52.3 Å². The van der Waals surface area contributed by atoms with E-state index in [0.717, 1.165) is 23.6 Å². The molecule has 1 saturated heterocycles. The van der Waals surface area contributed by atoms with Crippen molar-refractivity contribution in [3.63, 3.8) is 0 Å². The van der Waals surface area contributed by atoms with Gasteiger partial charge in [0.15, 0.2) is 0 Å². The molecule has 0 saturated carbocycles. The average molecular weight is 346 g/mol. The van der Waals surface area contributed by atoms with Crippen LogP contribution in [0.2, 0.25) is 0 Å². The Bertz CT molecular complexity index is 630. The minimum atomic E-state index is 0.186. The Balaban J connectivity index is 1.78. The van der Waals surface area contributed by atoms with Gasteiger partial charge in [-0.05, 0) is 18.2 Å². The smallest absolute Gasteiger partial charge is 0.224 e. The van der Waals surface area contributed by atoms with Gasteiger partial charge in [-0.3, -0.25) is 4.79 Å². The zero-order valence-corrected chi connectivity index (χ0v) is 13.1. The second kappa shape index (κ2) is 6.31. The minimum Gasteiger partial charge on any atom is -0.457 e. The molecule has 1 unspecified atom stereocenters. The number of carbonyl (C=O) groups excluding carboxylic acids is 1. The number of halogens is 1. The normalized spacial score (nSPS) is 18.0. The second-order valence-electron chi connectivity index (χ2n) is 5.10. The Labute approximate surface area is 132 Å². The van der Waals surface area contributed by atoms with E-state index in [-0.39, 0.29) is 10.7 Å². The van der Waals surface area contributed by atoms with Gasteiger partial charge in [0, 0.05) is 29.9 Å². The highest BCUT2D eigenvalue weighted by Crippen LogP contribution is 2.28. The predicted molar refractivity (Wildman–Crippen MR) is 85.7 cm³/mol. The third-order valence-electron chi connectivity index (χ3n) is 3.47. The minimum absolute atomic E-state index is 0.186. The molecular formula is C17H16BrNO2. The number of alkyl halides is 1. The summed E-state index contributed by atoms with van der Waals surface area (Å²) in [6.45, 7) is 1.34. The molecule has 0 N–H and O–H groups in total. The lowest BCUT2D eigenvalue weighted by Gasteiger charge is -2.18. The molecule has 1 aliphatic rings. The van der Waals surface area contributed by atoms with Crippen LogP contribution in [0.15, 0.2) is 54.6 Å². The zero-order chi connectivity index (χ0) is 14.7. The maximum atomic E-state index is 11.9. The van der Waals surface area contributed by atoms with Crippen molar-refractivity contribution in [2.24, 2.45) is 0 Å². The first-order valence-electron chi connectivity index (χ1n) is 6.95. The molecule has 3 rings (SSSR count). The van der Waals surface area contributed by atoms with Crippen LogP contribution in [0.1, 0.15) is 12.0 Å². The van der Waals surface area contributed by atoms with E-state index < -0.39 is 0 Å². The number of likely N-dealkylation sites (tertiary alicyclic amines) is 1. The van der Waals surface area contributed by atoms with Crippen molar-refractivity contribution in [1.29, 1.82) is 0 Å². The van der Waals surface area contributed by atoms with Crippen LogP contribution in [0, 0.1) is 0 Å². The fourth-order valence-electron chi connectivity index (χ4n) is 2.43. The van der Waals surface area contributed by atoms with Crippen LogP contribution in [-0.4, -0.2) is 22.2 Å². The summed E-state index contributed by atoms with van der Waals surface area (Å²) >= 11 is 3.51. The number of para-hydroxylation sites is 2. The quantitative estimate of drug-likeness (QED) is 0.784. The Morgan fingerprint density at radius 3 is 2.52 bits per heavy atom. The molecule has 1 atom stereocenters. The second-order valence-corrected chi connectivity index (χ2v) is 6.39. The molecule has 2 aromatic carbocycles. The lowest BCUT2D eigenvalue weighted by molar-refractivity contribution is -0.128. The van der Waals surface area contributed by atoms with Crippen molar-refractivity contribution in [2.75, 3.05) is 6.54 Å². The highest BCUT2D eigenvalue weighted by atomic mass is 79.9. The largest absolute Gasteiger partial charge is 0.457 e. The predicted octanol–water partition coefficient (Wildman–Crippen LogP) is 3.97. The fourth-order valence-corrected chi connectivity index (χ4v) is 3.06. The summed E-state index contributed by atoms with van der Waals surface area (Å²) in [5, 5.41) is 0. The van der Waals surface area contributed by atoms with Crippen molar-refractivity contribution in [3.8, 4) is 11.5 Å². The molecule has 1 aliphatic heterocycles. The van der Waals surface area contributed by atoms with E-state index in [4.69, 9.17) is 4.74 Å². The number of hydrogen-bond acceptors (Lipinski definition) is 2. The SMILES string of the molecule is O=C1CC(Br)CN1Cc1ccccc1Oc1ccccc1. The fraction of sp³-hybridized carbons (Fsp3) is 0.235. The number of amides is 1. The first kappa shape index (κ1) is 14.1. The van der Waals surface area contributed by atoms with Crippen molar-refractivity contribution < 1.29 is 9.53 Å². The molecule has 0 spiro atoms. The van der Waals surface area contributed by atoms with Crippen molar-refractivity contribution in [1.82, 2.24) is 4.90 Å². The van der Waals surface area contributed by atoms with Crippen LogP contribution in [0.3, 0.4) is 0 Å². The molecule has 1 fully saturated rings. The maximum absolute atomic E-state index is 11.9. The molecule has 21 heavy (non-hydrogen) atoms. The lowest BCUT2D eigenvalue weighted by atomic mass is 10.2. The number of hydrogen-bond donors (Lipinski definition) is 0. The molecule has 4 heteroatoms. The zero-order valence-electron chi connectivity index (χ0n) is 11.5. The maximum Gasteiger partial charge on any atom is 0.224 e. The first-order chi connectivity index (χ1) is 10.2. The number of ether oxygens (including phenoxy) is 1. The van der Waals surface area contributed by atoms with Gasteiger partial charge in [-0.2, -0.15) is 0 Å².